The van der Waals surface area contributed by atoms with Crippen LogP contribution < -0.4 is 10.6 Å². The Morgan fingerprint density at radius 2 is 2.00 bits per heavy atom. The second-order valence-electron chi connectivity index (χ2n) is 5.51. The molecular weight excluding hydrogens is 314 g/mol. The minimum Gasteiger partial charge on any atom is -0.444 e. The maximum atomic E-state index is 11.8. The van der Waals surface area contributed by atoms with Gasteiger partial charge in [0.15, 0.2) is 0 Å². The van der Waals surface area contributed by atoms with Gasteiger partial charge < -0.3 is 15.1 Å². The van der Waals surface area contributed by atoms with Gasteiger partial charge in [-0.2, -0.15) is 0 Å². The van der Waals surface area contributed by atoms with Crippen molar-refractivity contribution in [2.75, 3.05) is 20.1 Å². The van der Waals surface area contributed by atoms with Crippen LogP contribution in [0.3, 0.4) is 0 Å². The van der Waals surface area contributed by atoms with Crippen LogP contribution in [-0.4, -0.2) is 31.0 Å². The van der Waals surface area contributed by atoms with E-state index >= 15 is 0 Å². The van der Waals surface area contributed by atoms with Gasteiger partial charge in [-0.05, 0) is 26.1 Å². The number of hydrogen-bond acceptors (Lipinski definition) is 4. The maximum absolute atomic E-state index is 11.8. The fourth-order valence-electron chi connectivity index (χ4n) is 2.14. The highest BCUT2D eigenvalue weighted by molar-refractivity contribution is 5.85. The minimum absolute atomic E-state index is 0. The number of rotatable bonds is 7. The van der Waals surface area contributed by atoms with Crippen LogP contribution in [0.2, 0.25) is 0 Å². The number of amides is 1. The average Bonchev–Trinajstić information content (AvgIpc) is 2.97. The highest BCUT2D eigenvalue weighted by atomic mass is 35.5. The van der Waals surface area contributed by atoms with Crippen LogP contribution in [0.15, 0.2) is 34.9 Å². The molecule has 0 aliphatic carbocycles. The molecule has 5 nitrogen and oxygen atoms in total. The molecule has 1 aromatic heterocycles. The Labute approximate surface area is 143 Å². The van der Waals surface area contributed by atoms with Gasteiger partial charge in [-0.3, -0.25) is 4.79 Å². The van der Waals surface area contributed by atoms with Crippen molar-refractivity contribution in [1.29, 1.82) is 0 Å². The van der Waals surface area contributed by atoms with Gasteiger partial charge in [0.2, 0.25) is 11.8 Å². The summed E-state index contributed by atoms with van der Waals surface area (Å²) in [7, 11) is 1.84. The molecule has 1 atom stereocenters. The van der Waals surface area contributed by atoms with Crippen LogP contribution >= 0.6 is 12.4 Å². The number of oxazole rings is 1. The summed E-state index contributed by atoms with van der Waals surface area (Å²) in [4.78, 5) is 16.2. The fraction of sp³-hybridized carbons (Fsp3) is 0.412. The molecule has 0 aliphatic rings. The van der Waals surface area contributed by atoms with Gasteiger partial charge >= 0.3 is 0 Å². The van der Waals surface area contributed by atoms with Crippen LogP contribution in [0.25, 0.3) is 11.5 Å². The van der Waals surface area contributed by atoms with E-state index in [-0.39, 0.29) is 24.2 Å². The van der Waals surface area contributed by atoms with Gasteiger partial charge in [0.05, 0.1) is 5.69 Å². The third-order valence-electron chi connectivity index (χ3n) is 3.49. The molecule has 1 aromatic carbocycles. The SMILES string of the molecule is CNCC(C)C(=O)NCCc1coc(-c2ccc(C)cc2)n1.Cl. The predicted octanol–water partition coefficient (Wildman–Crippen LogP) is 2.59. The van der Waals surface area contributed by atoms with Crippen molar-refractivity contribution in [3.05, 3.63) is 41.8 Å². The first-order chi connectivity index (χ1) is 10.6. The van der Waals surface area contributed by atoms with Gasteiger partial charge in [-0.1, -0.05) is 24.6 Å². The molecule has 23 heavy (non-hydrogen) atoms. The molecule has 0 saturated carbocycles. The van der Waals surface area contributed by atoms with E-state index in [1.807, 2.05) is 45.2 Å². The van der Waals surface area contributed by atoms with E-state index in [1.165, 1.54) is 5.56 Å². The lowest BCUT2D eigenvalue weighted by Crippen LogP contribution is -2.35. The molecule has 0 aliphatic heterocycles. The van der Waals surface area contributed by atoms with E-state index in [2.05, 4.69) is 15.6 Å². The normalized spacial score (nSPS) is 11.6. The fourth-order valence-corrected chi connectivity index (χ4v) is 2.14. The zero-order valence-corrected chi connectivity index (χ0v) is 14.6. The molecule has 1 amide bonds. The molecule has 126 valence electrons. The summed E-state index contributed by atoms with van der Waals surface area (Å²) in [5.74, 6) is 0.631. The van der Waals surface area contributed by atoms with E-state index < -0.39 is 0 Å². The molecule has 6 heteroatoms. The lowest BCUT2D eigenvalue weighted by Gasteiger charge is -2.10. The first kappa shape index (κ1) is 19.2. The number of nitrogens with one attached hydrogen (secondary N) is 2. The summed E-state index contributed by atoms with van der Waals surface area (Å²) >= 11 is 0. The number of hydrogen-bond donors (Lipinski definition) is 2. The molecule has 2 rings (SSSR count). The number of carbonyl (C=O) groups excluding carboxylic acids is 1. The summed E-state index contributed by atoms with van der Waals surface area (Å²) in [5.41, 5.74) is 3.01. The summed E-state index contributed by atoms with van der Waals surface area (Å²) in [6, 6.07) is 8.05. The van der Waals surface area contributed by atoms with Crippen LogP contribution in [0.1, 0.15) is 18.2 Å². The van der Waals surface area contributed by atoms with Gasteiger partial charge in [0.1, 0.15) is 6.26 Å². The molecular formula is C17H24ClN3O2. The Bertz CT molecular complexity index is 611. The molecule has 1 heterocycles. The molecule has 1 unspecified atom stereocenters. The molecule has 0 fully saturated rings. The predicted molar refractivity (Wildman–Crippen MR) is 93.7 cm³/mol. The van der Waals surface area contributed by atoms with Crippen LogP contribution in [0, 0.1) is 12.8 Å². The van der Waals surface area contributed by atoms with Gasteiger partial charge in [-0.25, -0.2) is 4.98 Å². The summed E-state index contributed by atoms with van der Waals surface area (Å²) < 4.78 is 5.50. The molecule has 2 N–H and O–H groups in total. The zero-order chi connectivity index (χ0) is 15.9. The minimum atomic E-state index is -0.0366. The lowest BCUT2D eigenvalue weighted by atomic mass is 10.1. The molecule has 2 aromatic rings. The van der Waals surface area contributed by atoms with E-state index in [1.54, 1.807) is 6.26 Å². The third kappa shape index (κ3) is 5.69. The Morgan fingerprint density at radius 3 is 2.65 bits per heavy atom. The highest BCUT2D eigenvalue weighted by Crippen LogP contribution is 2.19. The van der Waals surface area contributed by atoms with Gasteiger partial charge in [-0.15, -0.1) is 12.4 Å². The Balaban J connectivity index is 0.00000264. The van der Waals surface area contributed by atoms with Crippen LogP contribution in [0.5, 0.6) is 0 Å². The maximum Gasteiger partial charge on any atom is 0.226 e. The molecule has 0 radical (unpaired) electrons. The lowest BCUT2D eigenvalue weighted by molar-refractivity contribution is -0.124. The molecule has 0 spiro atoms. The van der Waals surface area contributed by atoms with E-state index in [0.29, 0.717) is 25.4 Å². The van der Waals surface area contributed by atoms with Crippen LogP contribution in [0.4, 0.5) is 0 Å². The topological polar surface area (TPSA) is 67.2 Å². The van der Waals surface area contributed by atoms with Crippen LogP contribution in [-0.2, 0) is 11.2 Å². The zero-order valence-electron chi connectivity index (χ0n) is 13.8. The second kappa shape index (κ2) is 9.33. The summed E-state index contributed by atoms with van der Waals surface area (Å²) in [6.07, 6.45) is 2.31. The van der Waals surface area contributed by atoms with Crippen molar-refractivity contribution < 1.29 is 9.21 Å². The molecule has 0 bridgehead atoms. The standard InChI is InChI=1S/C17H23N3O2.ClH/c1-12-4-6-14(7-5-12)17-20-15(11-22-17)8-9-19-16(21)13(2)10-18-3;/h4-7,11,13,18H,8-10H2,1-3H3,(H,19,21);1H. The van der Waals surface area contributed by atoms with Crippen molar-refractivity contribution in [2.24, 2.45) is 5.92 Å². The number of carbonyl (C=O) groups is 1. The smallest absolute Gasteiger partial charge is 0.226 e. The van der Waals surface area contributed by atoms with Crippen molar-refractivity contribution >= 4 is 18.3 Å². The monoisotopic (exact) mass is 337 g/mol. The van der Waals surface area contributed by atoms with E-state index in [4.69, 9.17) is 4.42 Å². The van der Waals surface area contributed by atoms with Crippen molar-refractivity contribution in [3.63, 3.8) is 0 Å². The average molecular weight is 338 g/mol. The van der Waals surface area contributed by atoms with E-state index in [9.17, 15) is 4.79 Å². The summed E-state index contributed by atoms with van der Waals surface area (Å²) in [6.45, 7) is 5.18. The number of aryl methyl sites for hydroxylation is 1. The third-order valence-corrected chi connectivity index (χ3v) is 3.49. The number of benzene rings is 1. The van der Waals surface area contributed by atoms with Crippen molar-refractivity contribution in [3.8, 4) is 11.5 Å². The Kier molecular flexibility index (Phi) is 7.78. The van der Waals surface area contributed by atoms with Gasteiger partial charge in [0, 0.05) is 31.0 Å². The number of halogens is 1. The van der Waals surface area contributed by atoms with Crippen molar-refractivity contribution in [2.45, 2.75) is 20.3 Å². The van der Waals surface area contributed by atoms with Crippen molar-refractivity contribution in [1.82, 2.24) is 15.6 Å². The summed E-state index contributed by atoms with van der Waals surface area (Å²) in [5, 5.41) is 5.91. The van der Waals surface area contributed by atoms with E-state index in [0.717, 1.165) is 11.3 Å². The second-order valence-corrected chi connectivity index (χ2v) is 5.51. The number of nitrogens with zero attached hydrogens (tertiary/aromatic N) is 1. The first-order valence-electron chi connectivity index (χ1n) is 7.54. The quantitative estimate of drug-likeness (QED) is 0.815. The Morgan fingerprint density at radius 1 is 1.30 bits per heavy atom. The largest absolute Gasteiger partial charge is 0.444 e. The van der Waals surface area contributed by atoms with Gasteiger partial charge in [0.25, 0.3) is 0 Å². The Hall–Kier alpha value is -1.85. The molecule has 0 saturated heterocycles. The first-order valence-corrected chi connectivity index (χ1v) is 7.54. The number of aromatic nitrogens is 1. The highest BCUT2D eigenvalue weighted by Gasteiger charge is 2.11.